The Bertz CT molecular complexity index is 528. The van der Waals surface area contributed by atoms with Gasteiger partial charge in [-0.2, -0.15) is 0 Å². The molecule has 92 valence electrons. The lowest BCUT2D eigenvalue weighted by Crippen LogP contribution is -2.28. The first-order chi connectivity index (χ1) is 8.68. The average molecular weight is 276 g/mol. The van der Waals surface area contributed by atoms with E-state index in [1.165, 1.54) is 0 Å². The van der Waals surface area contributed by atoms with Crippen LogP contribution in [0.15, 0.2) is 47.4 Å². The summed E-state index contributed by atoms with van der Waals surface area (Å²) in [7, 11) is 3.44. The van der Waals surface area contributed by atoms with E-state index in [0.29, 0.717) is 12.8 Å². The molecule has 0 saturated heterocycles. The fourth-order valence-corrected chi connectivity index (χ4v) is 4.98. The molecular weight excluding hydrogens is 264 g/mol. The first-order valence-corrected chi connectivity index (χ1v) is 8.09. The van der Waals surface area contributed by atoms with E-state index >= 15 is 0 Å². The summed E-state index contributed by atoms with van der Waals surface area (Å²) in [4.78, 5) is 22.8. The van der Waals surface area contributed by atoms with Gasteiger partial charge < -0.3 is 0 Å². The van der Waals surface area contributed by atoms with E-state index in [4.69, 9.17) is 0 Å². The van der Waals surface area contributed by atoms with E-state index in [2.05, 4.69) is 17.6 Å². The second-order valence-corrected chi connectivity index (χ2v) is 7.04. The number of hydrogen-bond donors (Lipinski definition) is 0. The Hall–Kier alpha value is -1.00. The smallest absolute Gasteiger partial charge is 0.160 e. The number of carbonyl (C=O) groups excluding carboxylic acids is 2. The van der Waals surface area contributed by atoms with Crippen molar-refractivity contribution >= 4 is 33.2 Å². The van der Waals surface area contributed by atoms with Gasteiger partial charge in [0.2, 0.25) is 0 Å². The molecule has 2 nitrogen and oxygen atoms in total. The fraction of sp³-hybridized carbons (Fsp3) is 0.286. The van der Waals surface area contributed by atoms with E-state index < -0.39 is 0 Å². The van der Waals surface area contributed by atoms with Crippen LogP contribution in [0, 0.1) is 5.41 Å². The van der Waals surface area contributed by atoms with Crippen LogP contribution in [0.2, 0.25) is 0 Å². The Balaban J connectivity index is 1.89. The van der Waals surface area contributed by atoms with E-state index in [1.807, 2.05) is 12.2 Å². The topological polar surface area (TPSA) is 34.1 Å². The molecule has 0 N–H and O–H groups in total. The van der Waals surface area contributed by atoms with E-state index in [1.54, 1.807) is 33.7 Å². The molecule has 0 amide bonds. The molecule has 0 radical (unpaired) electrons. The van der Waals surface area contributed by atoms with Crippen LogP contribution in [0.4, 0.5) is 0 Å². The highest BCUT2D eigenvalue weighted by atomic mass is 33.1. The van der Waals surface area contributed by atoms with Gasteiger partial charge in [-0.3, -0.25) is 9.59 Å². The van der Waals surface area contributed by atoms with Gasteiger partial charge in [0.15, 0.2) is 11.6 Å². The van der Waals surface area contributed by atoms with Crippen LogP contribution in [-0.4, -0.2) is 16.8 Å². The molecule has 0 aromatic carbocycles. The van der Waals surface area contributed by atoms with Crippen molar-refractivity contribution < 1.29 is 9.59 Å². The van der Waals surface area contributed by atoms with Gasteiger partial charge in [-0.25, -0.2) is 0 Å². The van der Waals surface area contributed by atoms with Crippen LogP contribution in [-0.2, 0) is 9.59 Å². The maximum Gasteiger partial charge on any atom is 0.160 e. The molecule has 2 unspecified atom stereocenters. The molecular formula is C14H12O2S2. The third-order valence-corrected chi connectivity index (χ3v) is 5.84. The molecule has 2 aliphatic carbocycles. The maximum absolute atomic E-state index is 11.5. The van der Waals surface area contributed by atoms with Crippen molar-refractivity contribution in [2.75, 3.05) is 0 Å². The van der Waals surface area contributed by atoms with Crippen LogP contribution in [0.25, 0.3) is 0 Å². The third-order valence-electron chi connectivity index (χ3n) is 3.41. The van der Waals surface area contributed by atoms with E-state index in [-0.39, 0.29) is 22.2 Å². The molecule has 1 heterocycles. The SMILES string of the molecule is O=C1C=C/C(=C\C2SSC=CC23C=CC(=O)C3)C1. The van der Waals surface area contributed by atoms with Crippen molar-refractivity contribution in [3.05, 3.63) is 47.4 Å². The van der Waals surface area contributed by atoms with Crippen LogP contribution in [0.3, 0.4) is 0 Å². The van der Waals surface area contributed by atoms with Gasteiger partial charge in [-0.1, -0.05) is 45.9 Å². The molecule has 3 aliphatic rings. The molecule has 0 saturated carbocycles. The summed E-state index contributed by atoms with van der Waals surface area (Å²) in [5.74, 6) is 0.353. The zero-order chi connectivity index (χ0) is 12.6. The molecule has 4 heteroatoms. The minimum atomic E-state index is -0.181. The Morgan fingerprint density at radius 1 is 1.17 bits per heavy atom. The first kappa shape index (κ1) is 12.1. The van der Waals surface area contributed by atoms with Crippen LogP contribution >= 0.6 is 21.6 Å². The Kier molecular flexibility index (Phi) is 3.08. The number of ketones is 2. The second kappa shape index (κ2) is 4.59. The van der Waals surface area contributed by atoms with Crippen molar-refractivity contribution in [2.24, 2.45) is 5.41 Å². The first-order valence-electron chi connectivity index (χ1n) is 5.81. The fourth-order valence-electron chi connectivity index (χ4n) is 2.42. The van der Waals surface area contributed by atoms with Gasteiger partial charge in [-0.05, 0) is 23.1 Å². The van der Waals surface area contributed by atoms with Crippen LogP contribution in [0.1, 0.15) is 12.8 Å². The summed E-state index contributed by atoms with van der Waals surface area (Å²) in [5, 5.41) is 2.28. The van der Waals surface area contributed by atoms with Gasteiger partial charge in [0.05, 0.1) is 0 Å². The predicted octanol–water partition coefficient (Wildman–Crippen LogP) is 3.23. The molecule has 18 heavy (non-hydrogen) atoms. The van der Waals surface area contributed by atoms with Gasteiger partial charge in [0.1, 0.15) is 0 Å². The Morgan fingerprint density at radius 3 is 2.72 bits per heavy atom. The van der Waals surface area contributed by atoms with Crippen molar-refractivity contribution in [1.29, 1.82) is 0 Å². The third kappa shape index (κ3) is 2.15. The van der Waals surface area contributed by atoms with Gasteiger partial charge in [-0.15, -0.1) is 0 Å². The molecule has 0 bridgehead atoms. The summed E-state index contributed by atoms with van der Waals surface area (Å²) in [5.41, 5.74) is 0.889. The summed E-state index contributed by atoms with van der Waals surface area (Å²) in [6, 6.07) is 0. The van der Waals surface area contributed by atoms with E-state index in [9.17, 15) is 9.59 Å². The lowest BCUT2D eigenvalue weighted by molar-refractivity contribution is -0.115. The zero-order valence-corrected chi connectivity index (χ0v) is 11.3. The van der Waals surface area contributed by atoms with Gasteiger partial charge in [0, 0.05) is 23.5 Å². The van der Waals surface area contributed by atoms with Crippen molar-refractivity contribution in [2.45, 2.75) is 18.1 Å². The second-order valence-electron chi connectivity index (χ2n) is 4.72. The molecule has 1 spiro atoms. The van der Waals surface area contributed by atoms with Gasteiger partial charge in [0.25, 0.3) is 0 Å². The quantitative estimate of drug-likeness (QED) is 0.689. The highest BCUT2D eigenvalue weighted by molar-refractivity contribution is 8.78. The number of carbonyl (C=O) groups is 2. The zero-order valence-electron chi connectivity index (χ0n) is 9.67. The van der Waals surface area contributed by atoms with E-state index in [0.717, 1.165) is 5.57 Å². The number of hydrogen-bond acceptors (Lipinski definition) is 4. The molecule has 1 aliphatic heterocycles. The molecule has 0 aromatic rings. The predicted molar refractivity (Wildman–Crippen MR) is 76.2 cm³/mol. The Morgan fingerprint density at radius 2 is 2.06 bits per heavy atom. The van der Waals surface area contributed by atoms with Gasteiger partial charge >= 0.3 is 0 Å². The molecule has 3 rings (SSSR count). The summed E-state index contributed by atoms with van der Waals surface area (Å²) < 4.78 is 0. The lowest BCUT2D eigenvalue weighted by Gasteiger charge is -2.33. The lowest BCUT2D eigenvalue weighted by atomic mass is 9.82. The summed E-state index contributed by atoms with van der Waals surface area (Å²) in [6.07, 6.45) is 12.5. The van der Waals surface area contributed by atoms with Crippen molar-refractivity contribution in [1.82, 2.24) is 0 Å². The number of allylic oxidation sites excluding steroid dienone is 6. The molecule has 0 fully saturated rings. The van der Waals surface area contributed by atoms with Crippen LogP contribution in [0.5, 0.6) is 0 Å². The van der Waals surface area contributed by atoms with Crippen molar-refractivity contribution in [3.63, 3.8) is 0 Å². The maximum atomic E-state index is 11.5. The standard InChI is InChI=1S/C14H12O2S2/c15-11-2-1-10(7-11)8-13-14(5-6-17-18-13)4-3-12(16)9-14/h1-6,8,13H,7,9H2/b10-8+. The minimum Gasteiger partial charge on any atom is -0.295 e. The normalized spacial score (nSPS) is 36.4. The monoisotopic (exact) mass is 276 g/mol. The summed E-state index contributed by atoms with van der Waals surface area (Å²) >= 11 is 0. The van der Waals surface area contributed by atoms with Crippen molar-refractivity contribution in [3.8, 4) is 0 Å². The summed E-state index contributed by atoms with van der Waals surface area (Å²) in [6.45, 7) is 0. The minimum absolute atomic E-state index is 0.164. The molecule has 0 aromatic heterocycles. The molecule has 2 atom stereocenters. The Labute approximate surface area is 114 Å². The van der Waals surface area contributed by atoms with Crippen LogP contribution < -0.4 is 0 Å². The largest absolute Gasteiger partial charge is 0.295 e. The highest BCUT2D eigenvalue weighted by Crippen LogP contribution is 2.51. The number of rotatable bonds is 1. The highest BCUT2D eigenvalue weighted by Gasteiger charge is 2.40. The average Bonchev–Trinajstić information content (AvgIpc) is 2.90.